The lowest BCUT2D eigenvalue weighted by molar-refractivity contribution is -0.139. The number of hydrogen-bond donors (Lipinski definition) is 2. The van der Waals surface area contributed by atoms with E-state index in [1.54, 1.807) is 39.0 Å². The zero-order valence-corrected chi connectivity index (χ0v) is 12.7. The number of alkyl carbamates (subject to hydrolysis) is 1. The predicted octanol–water partition coefficient (Wildman–Crippen LogP) is 2.95. The van der Waals surface area contributed by atoms with Crippen molar-refractivity contribution in [2.24, 2.45) is 0 Å². The third-order valence-corrected chi connectivity index (χ3v) is 3.29. The van der Waals surface area contributed by atoms with Gasteiger partial charge in [0.05, 0.1) is 5.52 Å². The fraction of sp³-hybridized carbons (Fsp3) is 0.357. The first-order chi connectivity index (χ1) is 9.76. The van der Waals surface area contributed by atoms with Gasteiger partial charge in [0.25, 0.3) is 0 Å². The molecule has 21 heavy (non-hydrogen) atoms. The van der Waals surface area contributed by atoms with E-state index in [0.717, 1.165) is 5.39 Å². The molecule has 1 heterocycles. The number of carboxylic acids is 1. The Morgan fingerprint density at radius 1 is 1.38 bits per heavy atom. The van der Waals surface area contributed by atoms with Crippen LogP contribution in [0.3, 0.4) is 0 Å². The molecule has 2 N–H and O–H groups in total. The highest BCUT2D eigenvalue weighted by molar-refractivity contribution is 7.04. The Hall–Kier alpha value is -2.15. The number of nitrogens with zero attached hydrogens (tertiary/aromatic N) is 1. The molecule has 0 radical (unpaired) electrons. The molecular formula is C14H16N2O4S. The van der Waals surface area contributed by atoms with Crippen molar-refractivity contribution in [3.8, 4) is 0 Å². The molecule has 0 saturated carbocycles. The number of rotatable bonds is 3. The van der Waals surface area contributed by atoms with E-state index in [4.69, 9.17) is 4.74 Å². The number of amides is 1. The van der Waals surface area contributed by atoms with Gasteiger partial charge in [-0.2, -0.15) is 4.37 Å². The number of carbonyl (C=O) groups excluding carboxylic acids is 1. The van der Waals surface area contributed by atoms with Gasteiger partial charge in [0.2, 0.25) is 0 Å². The number of fused-ring (bicyclic) bond motifs is 1. The predicted molar refractivity (Wildman–Crippen MR) is 79.4 cm³/mol. The van der Waals surface area contributed by atoms with Crippen LogP contribution in [0.25, 0.3) is 10.9 Å². The molecule has 1 amide bonds. The third kappa shape index (κ3) is 3.91. The van der Waals surface area contributed by atoms with Crippen molar-refractivity contribution in [2.75, 3.05) is 0 Å². The fourth-order valence-electron chi connectivity index (χ4n) is 1.77. The van der Waals surface area contributed by atoms with E-state index in [1.807, 2.05) is 5.38 Å². The minimum atomic E-state index is -1.18. The Labute approximate surface area is 125 Å². The molecule has 1 aromatic carbocycles. The molecule has 0 aliphatic heterocycles. The van der Waals surface area contributed by atoms with E-state index >= 15 is 0 Å². The van der Waals surface area contributed by atoms with Crippen LogP contribution in [0, 0.1) is 0 Å². The van der Waals surface area contributed by atoms with Crippen LogP contribution < -0.4 is 5.32 Å². The van der Waals surface area contributed by atoms with E-state index < -0.39 is 23.7 Å². The molecule has 1 unspecified atom stereocenters. The number of ether oxygens (including phenoxy) is 1. The monoisotopic (exact) mass is 308 g/mol. The molecule has 0 saturated heterocycles. The Bertz CT molecular complexity index is 675. The lowest BCUT2D eigenvalue weighted by Gasteiger charge is -2.22. The average molecular weight is 308 g/mol. The van der Waals surface area contributed by atoms with Crippen LogP contribution in [0.15, 0.2) is 23.6 Å². The number of benzene rings is 1. The van der Waals surface area contributed by atoms with Gasteiger partial charge in [-0.05, 0) is 43.9 Å². The Morgan fingerprint density at radius 3 is 2.71 bits per heavy atom. The van der Waals surface area contributed by atoms with Gasteiger partial charge in [-0.25, -0.2) is 9.59 Å². The molecule has 0 aliphatic carbocycles. The molecule has 1 aromatic heterocycles. The van der Waals surface area contributed by atoms with Crippen LogP contribution >= 0.6 is 11.5 Å². The molecule has 0 fully saturated rings. The van der Waals surface area contributed by atoms with Gasteiger partial charge in [-0.3, -0.25) is 0 Å². The summed E-state index contributed by atoms with van der Waals surface area (Å²) in [5.41, 5.74) is 0.466. The summed E-state index contributed by atoms with van der Waals surface area (Å²) in [4.78, 5) is 23.1. The SMILES string of the molecule is CC(C)(C)OC(=O)NC(C(=O)O)c1ccc2csnc2c1. The van der Waals surface area contributed by atoms with Crippen molar-refractivity contribution in [1.82, 2.24) is 9.69 Å². The van der Waals surface area contributed by atoms with Crippen LogP contribution in [0.2, 0.25) is 0 Å². The molecule has 0 spiro atoms. The van der Waals surface area contributed by atoms with Crippen LogP contribution in [-0.4, -0.2) is 27.1 Å². The highest BCUT2D eigenvalue weighted by atomic mass is 32.1. The minimum absolute atomic E-state index is 0.451. The van der Waals surface area contributed by atoms with Crippen LogP contribution in [0.5, 0.6) is 0 Å². The molecular weight excluding hydrogens is 292 g/mol. The molecule has 1 atom stereocenters. The zero-order valence-electron chi connectivity index (χ0n) is 11.9. The largest absolute Gasteiger partial charge is 0.479 e. The number of nitrogens with one attached hydrogen (secondary N) is 1. The maximum absolute atomic E-state index is 11.8. The van der Waals surface area contributed by atoms with Gasteiger partial charge in [-0.1, -0.05) is 12.1 Å². The standard InChI is InChI=1S/C14H16N2O4S/c1-14(2,3)20-13(19)15-11(12(17)18)8-4-5-9-7-21-16-10(9)6-8/h4-7,11H,1-3H3,(H,15,19)(H,17,18). The van der Waals surface area contributed by atoms with Gasteiger partial charge < -0.3 is 15.2 Å². The van der Waals surface area contributed by atoms with E-state index in [0.29, 0.717) is 11.1 Å². The number of carbonyl (C=O) groups is 2. The number of aromatic nitrogens is 1. The van der Waals surface area contributed by atoms with E-state index in [2.05, 4.69) is 9.69 Å². The fourth-order valence-corrected chi connectivity index (χ4v) is 2.41. The van der Waals surface area contributed by atoms with Crippen molar-refractivity contribution in [3.05, 3.63) is 29.1 Å². The molecule has 2 aromatic rings. The van der Waals surface area contributed by atoms with Crippen LogP contribution in [0.1, 0.15) is 32.4 Å². The maximum atomic E-state index is 11.8. The highest BCUT2D eigenvalue weighted by Crippen LogP contribution is 2.22. The van der Waals surface area contributed by atoms with Crippen molar-refractivity contribution < 1.29 is 19.4 Å². The average Bonchev–Trinajstić information content (AvgIpc) is 2.80. The number of carboxylic acid groups (broad SMARTS) is 1. The Kier molecular flexibility index (Phi) is 4.13. The van der Waals surface area contributed by atoms with E-state index in [9.17, 15) is 14.7 Å². The number of hydrogen-bond acceptors (Lipinski definition) is 5. The summed E-state index contributed by atoms with van der Waals surface area (Å²) in [7, 11) is 0. The maximum Gasteiger partial charge on any atom is 0.408 e. The first kappa shape index (κ1) is 15.2. The molecule has 112 valence electrons. The summed E-state index contributed by atoms with van der Waals surface area (Å²) in [5.74, 6) is -1.16. The first-order valence-electron chi connectivity index (χ1n) is 6.32. The van der Waals surface area contributed by atoms with Crippen LogP contribution in [-0.2, 0) is 9.53 Å². The van der Waals surface area contributed by atoms with Crippen LogP contribution in [0.4, 0.5) is 4.79 Å². The number of aliphatic carboxylic acids is 1. The summed E-state index contributed by atoms with van der Waals surface area (Å²) >= 11 is 1.29. The second kappa shape index (κ2) is 5.69. The normalized spacial score (nSPS) is 12.9. The lowest BCUT2D eigenvalue weighted by Crippen LogP contribution is -2.38. The summed E-state index contributed by atoms with van der Waals surface area (Å²) in [6.07, 6.45) is -0.770. The van der Waals surface area contributed by atoms with Crippen molar-refractivity contribution in [1.29, 1.82) is 0 Å². The van der Waals surface area contributed by atoms with E-state index in [-0.39, 0.29) is 0 Å². The van der Waals surface area contributed by atoms with Gasteiger partial charge >= 0.3 is 12.1 Å². The summed E-state index contributed by atoms with van der Waals surface area (Å²) in [6, 6.07) is 3.92. The Balaban J connectivity index is 2.22. The van der Waals surface area contributed by atoms with Gasteiger partial charge in [0.1, 0.15) is 5.60 Å². The topological polar surface area (TPSA) is 88.5 Å². The molecule has 7 heteroatoms. The van der Waals surface area contributed by atoms with Crippen molar-refractivity contribution >= 4 is 34.5 Å². The summed E-state index contributed by atoms with van der Waals surface area (Å²) in [6.45, 7) is 5.14. The molecule has 0 bridgehead atoms. The van der Waals surface area contributed by atoms with Crippen molar-refractivity contribution in [3.63, 3.8) is 0 Å². The molecule has 2 rings (SSSR count). The second-order valence-electron chi connectivity index (χ2n) is 5.55. The quantitative estimate of drug-likeness (QED) is 0.910. The smallest absolute Gasteiger partial charge is 0.408 e. The van der Waals surface area contributed by atoms with Gasteiger partial charge in [0, 0.05) is 10.8 Å². The van der Waals surface area contributed by atoms with Crippen molar-refractivity contribution in [2.45, 2.75) is 32.4 Å². The van der Waals surface area contributed by atoms with Gasteiger partial charge in [0.15, 0.2) is 6.04 Å². The Morgan fingerprint density at radius 2 is 2.10 bits per heavy atom. The summed E-state index contributed by atoms with van der Waals surface area (Å²) < 4.78 is 9.25. The molecule has 0 aliphatic rings. The van der Waals surface area contributed by atoms with Gasteiger partial charge in [-0.15, -0.1) is 0 Å². The second-order valence-corrected chi connectivity index (χ2v) is 6.18. The first-order valence-corrected chi connectivity index (χ1v) is 7.16. The zero-order chi connectivity index (χ0) is 15.6. The lowest BCUT2D eigenvalue weighted by atomic mass is 10.1. The van der Waals surface area contributed by atoms with E-state index in [1.165, 1.54) is 11.5 Å². The minimum Gasteiger partial charge on any atom is -0.479 e. The third-order valence-electron chi connectivity index (χ3n) is 2.63. The highest BCUT2D eigenvalue weighted by Gasteiger charge is 2.25. The molecule has 6 nitrogen and oxygen atoms in total. The summed E-state index contributed by atoms with van der Waals surface area (Å²) in [5, 5.41) is 14.5.